The molecule has 0 radical (unpaired) electrons. The van der Waals surface area contributed by atoms with Gasteiger partial charge in [0.15, 0.2) is 0 Å². The van der Waals surface area contributed by atoms with Gasteiger partial charge in [0.1, 0.15) is 12.4 Å². The maximum absolute atomic E-state index is 12.0. The van der Waals surface area contributed by atoms with Gasteiger partial charge in [-0.25, -0.2) is 0 Å². The second kappa shape index (κ2) is 9.06. The van der Waals surface area contributed by atoms with E-state index in [1.165, 1.54) is 11.1 Å². The lowest BCUT2D eigenvalue weighted by molar-refractivity contribution is -0.113. The molecular weight excluding hydrogens is 306 g/mol. The molecule has 0 saturated heterocycles. The fourth-order valence-corrected chi connectivity index (χ4v) is 2.75. The van der Waals surface area contributed by atoms with Crippen LogP contribution in [0.5, 0.6) is 5.75 Å². The Labute approximate surface area is 141 Å². The molecule has 0 spiro atoms. The van der Waals surface area contributed by atoms with Crippen molar-refractivity contribution in [2.75, 3.05) is 17.7 Å². The van der Waals surface area contributed by atoms with Crippen LogP contribution in [0.15, 0.2) is 61.2 Å². The minimum absolute atomic E-state index is 0.0111. The summed E-state index contributed by atoms with van der Waals surface area (Å²) in [5.74, 6) is 1.96. The number of carbonyl (C=O) groups excluding carboxylic acids is 1. The average Bonchev–Trinajstić information content (AvgIpc) is 2.55. The molecule has 2 aromatic rings. The molecule has 120 valence electrons. The van der Waals surface area contributed by atoms with Crippen molar-refractivity contribution in [3.05, 3.63) is 72.3 Å². The fourth-order valence-electron chi connectivity index (χ4n) is 1.96. The first kappa shape index (κ1) is 17.2. The van der Waals surface area contributed by atoms with Crippen molar-refractivity contribution in [1.29, 1.82) is 0 Å². The van der Waals surface area contributed by atoms with E-state index in [1.54, 1.807) is 17.8 Å². The highest BCUT2D eigenvalue weighted by Crippen LogP contribution is 2.18. The number of hydrogen-bond donors (Lipinski definition) is 1. The number of aryl methyl sites for hydroxylation is 1. The summed E-state index contributed by atoms with van der Waals surface area (Å²) in [6.45, 7) is 6.13. The average molecular weight is 327 g/mol. The van der Waals surface area contributed by atoms with Crippen LogP contribution in [0.2, 0.25) is 0 Å². The standard InChI is InChI=1S/C19H21NO2S/c1-3-11-22-18-6-4-5-17(12-18)20-19(21)14-23-13-16-9-7-15(2)8-10-16/h3-10,12H,1,11,13-14H2,2H3,(H,20,21). The van der Waals surface area contributed by atoms with Gasteiger partial charge >= 0.3 is 0 Å². The summed E-state index contributed by atoms with van der Waals surface area (Å²) in [6.07, 6.45) is 1.69. The van der Waals surface area contributed by atoms with Gasteiger partial charge in [0.25, 0.3) is 0 Å². The minimum Gasteiger partial charge on any atom is -0.489 e. The van der Waals surface area contributed by atoms with Gasteiger partial charge in [0.2, 0.25) is 5.91 Å². The molecular formula is C19H21NO2S. The summed E-state index contributed by atoms with van der Waals surface area (Å²) >= 11 is 1.60. The number of carbonyl (C=O) groups is 1. The van der Waals surface area contributed by atoms with Gasteiger partial charge in [-0.05, 0) is 24.6 Å². The van der Waals surface area contributed by atoms with Gasteiger partial charge in [-0.1, -0.05) is 48.6 Å². The van der Waals surface area contributed by atoms with Crippen LogP contribution in [-0.4, -0.2) is 18.3 Å². The second-order valence-corrected chi connectivity index (χ2v) is 6.14. The SMILES string of the molecule is C=CCOc1cccc(NC(=O)CSCc2ccc(C)cc2)c1. The molecule has 0 aliphatic heterocycles. The van der Waals surface area contributed by atoms with E-state index in [2.05, 4.69) is 43.1 Å². The van der Waals surface area contributed by atoms with E-state index in [-0.39, 0.29) is 5.91 Å². The molecule has 0 unspecified atom stereocenters. The topological polar surface area (TPSA) is 38.3 Å². The highest BCUT2D eigenvalue weighted by atomic mass is 32.2. The van der Waals surface area contributed by atoms with E-state index in [0.717, 1.165) is 17.2 Å². The number of ether oxygens (including phenoxy) is 1. The van der Waals surface area contributed by atoms with Gasteiger partial charge in [-0.3, -0.25) is 4.79 Å². The maximum atomic E-state index is 12.0. The third-order valence-corrected chi connectivity index (χ3v) is 4.11. The van der Waals surface area contributed by atoms with Crippen LogP contribution in [0.3, 0.4) is 0 Å². The minimum atomic E-state index is -0.0111. The number of amides is 1. The van der Waals surface area contributed by atoms with E-state index < -0.39 is 0 Å². The maximum Gasteiger partial charge on any atom is 0.234 e. The largest absolute Gasteiger partial charge is 0.489 e. The Morgan fingerprint density at radius 1 is 1.26 bits per heavy atom. The third-order valence-electron chi connectivity index (χ3n) is 3.11. The number of hydrogen-bond acceptors (Lipinski definition) is 3. The van der Waals surface area contributed by atoms with Crippen molar-refractivity contribution in [2.24, 2.45) is 0 Å². The molecule has 0 fully saturated rings. The van der Waals surface area contributed by atoms with Gasteiger partial charge in [-0.2, -0.15) is 0 Å². The Morgan fingerprint density at radius 3 is 2.78 bits per heavy atom. The first-order valence-electron chi connectivity index (χ1n) is 7.44. The van der Waals surface area contributed by atoms with Crippen LogP contribution in [0.4, 0.5) is 5.69 Å². The molecule has 0 atom stereocenters. The number of nitrogens with one attached hydrogen (secondary N) is 1. The second-order valence-electron chi connectivity index (χ2n) is 5.15. The van der Waals surface area contributed by atoms with Gasteiger partial charge in [0, 0.05) is 17.5 Å². The number of benzene rings is 2. The van der Waals surface area contributed by atoms with Crippen molar-refractivity contribution < 1.29 is 9.53 Å². The molecule has 1 amide bonds. The molecule has 0 aliphatic rings. The lowest BCUT2D eigenvalue weighted by atomic mass is 10.2. The van der Waals surface area contributed by atoms with Gasteiger partial charge in [0.05, 0.1) is 5.75 Å². The number of thioether (sulfide) groups is 1. The molecule has 1 N–H and O–H groups in total. The quantitative estimate of drug-likeness (QED) is 0.729. The predicted octanol–water partition coefficient (Wildman–Crippen LogP) is 4.43. The summed E-state index contributed by atoms with van der Waals surface area (Å²) in [6, 6.07) is 15.7. The Balaban J connectivity index is 1.78. The molecule has 0 aromatic heterocycles. The molecule has 0 heterocycles. The van der Waals surface area contributed by atoms with Crippen LogP contribution in [0.1, 0.15) is 11.1 Å². The summed E-state index contributed by atoms with van der Waals surface area (Å²) in [5.41, 5.74) is 3.22. The normalized spacial score (nSPS) is 10.1. The molecule has 0 aliphatic carbocycles. The predicted molar refractivity (Wildman–Crippen MR) is 98.1 cm³/mol. The zero-order valence-corrected chi connectivity index (χ0v) is 14.1. The van der Waals surface area contributed by atoms with E-state index in [0.29, 0.717) is 12.4 Å². The third kappa shape index (κ3) is 6.20. The van der Waals surface area contributed by atoms with Crippen LogP contribution in [-0.2, 0) is 10.5 Å². The first-order chi connectivity index (χ1) is 11.2. The van der Waals surface area contributed by atoms with Crippen LogP contribution < -0.4 is 10.1 Å². The monoisotopic (exact) mass is 327 g/mol. The molecule has 2 aromatic carbocycles. The fraction of sp³-hybridized carbons (Fsp3) is 0.211. The van der Waals surface area contributed by atoms with Crippen LogP contribution >= 0.6 is 11.8 Å². The molecule has 4 heteroatoms. The van der Waals surface area contributed by atoms with E-state index in [9.17, 15) is 4.79 Å². The number of anilines is 1. The highest BCUT2D eigenvalue weighted by molar-refractivity contribution is 7.99. The lowest BCUT2D eigenvalue weighted by Crippen LogP contribution is -2.14. The molecule has 0 saturated carbocycles. The highest BCUT2D eigenvalue weighted by Gasteiger charge is 2.04. The summed E-state index contributed by atoms with van der Waals surface area (Å²) in [7, 11) is 0. The van der Waals surface area contributed by atoms with Crippen molar-refractivity contribution >= 4 is 23.4 Å². The Hall–Kier alpha value is -2.20. The van der Waals surface area contributed by atoms with Crippen molar-refractivity contribution in [2.45, 2.75) is 12.7 Å². The number of rotatable bonds is 8. The van der Waals surface area contributed by atoms with E-state index in [4.69, 9.17) is 4.74 Å². The molecule has 23 heavy (non-hydrogen) atoms. The molecule has 2 rings (SSSR count). The summed E-state index contributed by atoms with van der Waals surface area (Å²) in [5, 5.41) is 2.89. The summed E-state index contributed by atoms with van der Waals surface area (Å²) in [4.78, 5) is 12.0. The Morgan fingerprint density at radius 2 is 2.04 bits per heavy atom. The Bertz CT molecular complexity index is 653. The smallest absolute Gasteiger partial charge is 0.234 e. The molecule has 3 nitrogen and oxygen atoms in total. The van der Waals surface area contributed by atoms with Crippen molar-refractivity contribution in [3.63, 3.8) is 0 Å². The zero-order chi connectivity index (χ0) is 16.5. The Kier molecular flexibility index (Phi) is 6.76. The zero-order valence-electron chi connectivity index (χ0n) is 13.2. The summed E-state index contributed by atoms with van der Waals surface area (Å²) < 4.78 is 5.45. The molecule has 0 bridgehead atoms. The van der Waals surface area contributed by atoms with Crippen molar-refractivity contribution in [3.8, 4) is 5.75 Å². The van der Waals surface area contributed by atoms with Crippen LogP contribution in [0.25, 0.3) is 0 Å². The van der Waals surface area contributed by atoms with Crippen LogP contribution in [0, 0.1) is 6.92 Å². The van der Waals surface area contributed by atoms with Gasteiger partial charge < -0.3 is 10.1 Å². The first-order valence-corrected chi connectivity index (χ1v) is 8.60. The van der Waals surface area contributed by atoms with E-state index in [1.807, 2.05) is 24.3 Å². The van der Waals surface area contributed by atoms with Crippen molar-refractivity contribution in [1.82, 2.24) is 0 Å². The lowest BCUT2D eigenvalue weighted by Gasteiger charge is -2.08. The van der Waals surface area contributed by atoms with E-state index >= 15 is 0 Å². The van der Waals surface area contributed by atoms with Gasteiger partial charge in [-0.15, -0.1) is 11.8 Å².